The highest BCUT2D eigenvalue weighted by Crippen LogP contribution is 2.30. The van der Waals surface area contributed by atoms with E-state index in [9.17, 15) is 4.79 Å². The molecular formula is C13H24N2O. The van der Waals surface area contributed by atoms with E-state index in [4.69, 9.17) is 0 Å². The van der Waals surface area contributed by atoms with Crippen LogP contribution < -0.4 is 0 Å². The van der Waals surface area contributed by atoms with Gasteiger partial charge in [0.2, 0.25) is 0 Å². The Morgan fingerprint density at radius 1 is 1.25 bits per heavy atom. The first-order valence-electron chi connectivity index (χ1n) is 6.52. The number of amides is 2. The molecule has 0 bridgehead atoms. The Morgan fingerprint density at radius 2 is 2.00 bits per heavy atom. The van der Waals surface area contributed by atoms with Crippen molar-refractivity contribution in [2.24, 2.45) is 11.3 Å². The van der Waals surface area contributed by atoms with Gasteiger partial charge in [-0.25, -0.2) is 4.79 Å². The minimum atomic E-state index is 0.275. The maximum Gasteiger partial charge on any atom is 0.320 e. The molecule has 0 aromatic rings. The molecule has 3 nitrogen and oxygen atoms in total. The van der Waals surface area contributed by atoms with Crippen molar-refractivity contribution < 1.29 is 4.79 Å². The normalized spacial score (nSPS) is 29.6. The van der Waals surface area contributed by atoms with Crippen LogP contribution in [0.15, 0.2) is 0 Å². The highest BCUT2D eigenvalue weighted by Gasteiger charge is 2.34. The second kappa shape index (κ2) is 4.27. The number of hydrogen-bond donors (Lipinski definition) is 0. The first-order chi connectivity index (χ1) is 7.48. The van der Waals surface area contributed by atoms with E-state index in [0.717, 1.165) is 32.6 Å². The molecule has 92 valence electrons. The Morgan fingerprint density at radius 3 is 2.56 bits per heavy atom. The van der Waals surface area contributed by atoms with Gasteiger partial charge in [0.1, 0.15) is 0 Å². The zero-order chi connectivity index (χ0) is 11.8. The van der Waals surface area contributed by atoms with E-state index in [2.05, 4.69) is 25.7 Å². The van der Waals surface area contributed by atoms with Crippen molar-refractivity contribution in [2.75, 3.05) is 26.2 Å². The number of rotatable bonds is 0. The molecule has 0 spiro atoms. The molecule has 0 aromatic carbocycles. The van der Waals surface area contributed by atoms with Crippen LogP contribution in [0.4, 0.5) is 4.79 Å². The standard InChI is InChI=1S/C13H24N2O/c1-11-5-4-7-14(9-11)12(16)15-8-6-13(2,3)10-15/h11H,4-10H2,1-3H3. The summed E-state index contributed by atoms with van der Waals surface area (Å²) >= 11 is 0. The molecule has 2 rings (SSSR count). The van der Waals surface area contributed by atoms with E-state index in [1.807, 2.05) is 4.90 Å². The van der Waals surface area contributed by atoms with Crippen molar-refractivity contribution in [3.05, 3.63) is 0 Å². The molecule has 2 saturated heterocycles. The Labute approximate surface area is 98.8 Å². The van der Waals surface area contributed by atoms with Crippen LogP contribution in [0.25, 0.3) is 0 Å². The molecule has 2 aliphatic heterocycles. The molecule has 0 radical (unpaired) electrons. The average molecular weight is 224 g/mol. The maximum atomic E-state index is 12.3. The molecule has 2 heterocycles. The van der Waals surface area contributed by atoms with E-state index in [0.29, 0.717) is 11.3 Å². The summed E-state index contributed by atoms with van der Waals surface area (Å²) < 4.78 is 0. The third-order valence-electron chi connectivity index (χ3n) is 3.88. The van der Waals surface area contributed by atoms with Gasteiger partial charge < -0.3 is 9.80 Å². The number of urea groups is 1. The fourth-order valence-electron chi connectivity index (χ4n) is 2.84. The van der Waals surface area contributed by atoms with E-state index in [-0.39, 0.29) is 6.03 Å². The number of carbonyl (C=O) groups excluding carboxylic acids is 1. The number of piperidine rings is 1. The summed E-state index contributed by atoms with van der Waals surface area (Å²) in [5.41, 5.74) is 0.317. The lowest BCUT2D eigenvalue weighted by atomic mass is 9.93. The summed E-state index contributed by atoms with van der Waals surface area (Å²) in [6.45, 7) is 10.5. The van der Waals surface area contributed by atoms with E-state index < -0.39 is 0 Å². The van der Waals surface area contributed by atoms with Crippen molar-refractivity contribution in [3.63, 3.8) is 0 Å². The molecule has 0 aromatic heterocycles. The van der Waals surface area contributed by atoms with Gasteiger partial charge in [-0.1, -0.05) is 20.8 Å². The van der Waals surface area contributed by atoms with Crippen LogP contribution in [0.5, 0.6) is 0 Å². The highest BCUT2D eigenvalue weighted by atomic mass is 16.2. The van der Waals surface area contributed by atoms with Crippen molar-refractivity contribution >= 4 is 6.03 Å². The van der Waals surface area contributed by atoms with Crippen molar-refractivity contribution in [3.8, 4) is 0 Å². The van der Waals surface area contributed by atoms with Gasteiger partial charge >= 0.3 is 6.03 Å². The largest absolute Gasteiger partial charge is 0.324 e. The minimum absolute atomic E-state index is 0.275. The number of likely N-dealkylation sites (tertiary alicyclic amines) is 2. The van der Waals surface area contributed by atoms with Crippen LogP contribution in [0.1, 0.15) is 40.0 Å². The van der Waals surface area contributed by atoms with Gasteiger partial charge in [0, 0.05) is 26.2 Å². The highest BCUT2D eigenvalue weighted by molar-refractivity contribution is 5.75. The molecule has 3 heteroatoms. The van der Waals surface area contributed by atoms with Gasteiger partial charge in [-0.3, -0.25) is 0 Å². The van der Waals surface area contributed by atoms with Gasteiger partial charge in [0.15, 0.2) is 0 Å². The van der Waals surface area contributed by atoms with E-state index in [1.165, 1.54) is 12.8 Å². The molecule has 2 amide bonds. The van der Waals surface area contributed by atoms with Crippen LogP contribution in [0.3, 0.4) is 0 Å². The molecule has 2 fully saturated rings. The first kappa shape index (κ1) is 11.7. The monoisotopic (exact) mass is 224 g/mol. The zero-order valence-corrected chi connectivity index (χ0v) is 10.8. The second-order valence-electron chi connectivity index (χ2n) is 6.31. The molecule has 0 saturated carbocycles. The van der Waals surface area contributed by atoms with Gasteiger partial charge in [0.25, 0.3) is 0 Å². The summed E-state index contributed by atoms with van der Waals surface area (Å²) in [6.07, 6.45) is 3.58. The summed E-state index contributed by atoms with van der Waals surface area (Å²) in [5.74, 6) is 0.674. The van der Waals surface area contributed by atoms with Crippen LogP contribution >= 0.6 is 0 Å². The van der Waals surface area contributed by atoms with E-state index >= 15 is 0 Å². The summed E-state index contributed by atoms with van der Waals surface area (Å²) in [5, 5.41) is 0. The molecule has 1 atom stereocenters. The van der Waals surface area contributed by atoms with Gasteiger partial charge in [-0.2, -0.15) is 0 Å². The molecule has 2 aliphatic rings. The third kappa shape index (κ3) is 2.50. The fourth-order valence-corrected chi connectivity index (χ4v) is 2.84. The number of hydrogen-bond acceptors (Lipinski definition) is 1. The predicted molar refractivity (Wildman–Crippen MR) is 65.3 cm³/mol. The molecule has 16 heavy (non-hydrogen) atoms. The molecule has 0 aliphatic carbocycles. The lowest BCUT2D eigenvalue weighted by Gasteiger charge is -2.34. The van der Waals surface area contributed by atoms with Crippen LogP contribution in [0, 0.1) is 11.3 Å². The third-order valence-corrected chi connectivity index (χ3v) is 3.88. The fraction of sp³-hybridized carbons (Fsp3) is 0.923. The van der Waals surface area contributed by atoms with Gasteiger partial charge in [-0.15, -0.1) is 0 Å². The van der Waals surface area contributed by atoms with Crippen LogP contribution in [-0.2, 0) is 0 Å². The Bertz CT molecular complexity index is 271. The van der Waals surface area contributed by atoms with Crippen LogP contribution in [0.2, 0.25) is 0 Å². The minimum Gasteiger partial charge on any atom is -0.324 e. The smallest absolute Gasteiger partial charge is 0.320 e. The SMILES string of the molecule is CC1CCCN(C(=O)N2CCC(C)(C)C2)C1. The Kier molecular flexibility index (Phi) is 3.13. The molecule has 0 N–H and O–H groups in total. The van der Waals surface area contributed by atoms with Crippen molar-refractivity contribution in [1.82, 2.24) is 9.80 Å². The van der Waals surface area contributed by atoms with E-state index in [1.54, 1.807) is 0 Å². The Hall–Kier alpha value is -0.730. The first-order valence-corrected chi connectivity index (χ1v) is 6.52. The summed E-state index contributed by atoms with van der Waals surface area (Å²) in [4.78, 5) is 16.4. The Balaban J connectivity index is 1.92. The average Bonchev–Trinajstić information content (AvgIpc) is 2.58. The summed E-state index contributed by atoms with van der Waals surface area (Å²) in [6, 6.07) is 0.275. The van der Waals surface area contributed by atoms with Gasteiger partial charge in [-0.05, 0) is 30.6 Å². The lowest BCUT2D eigenvalue weighted by molar-refractivity contribution is 0.136. The topological polar surface area (TPSA) is 23.6 Å². The van der Waals surface area contributed by atoms with Crippen molar-refractivity contribution in [2.45, 2.75) is 40.0 Å². The predicted octanol–water partition coefficient (Wildman–Crippen LogP) is 2.57. The van der Waals surface area contributed by atoms with Crippen molar-refractivity contribution in [1.29, 1.82) is 0 Å². The van der Waals surface area contributed by atoms with Gasteiger partial charge in [0.05, 0.1) is 0 Å². The van der Waals surface area contributed by atoms with Crippen LogP contribution in [-0.4, -0.2) is 42.0 Å². The quantitative estimate of drug-likeness (QED) is 0.620. The number of nitrogens with zero attached hydrogens (tertiary/aromatic N) is 2. The maximum absolute atomic E-state index is 12.3. The molecule has 1 unspecified atom stereocenters. The zero-order valence-electron chi connectivity index (χ0n) is 10.8. The molecular weight excluding hydrogens is 200 g/mol. The number of carbonyl (C=O) groups is 1. The summed E-state index contributed by atoms with van der Waals surface area (Å²) in [7, 11) is 0. The second-order valence-corrected chi connectivity index (χ2v) is 6.31. The lowest BCUT2D eigenvalue weighted by Crippen LogP contribution is -2.46.